The standard InChI is InChI=1S/C14H20N2O10/c17-3-5-8(20)10(22)12(25-5)15-2-1-7(19)16(14(15)24)13-11(23)9(21)6(4-18)26-13/h1-2,5-6,8-13,17-18,20-23H,3-4H2/t5-,6-,8-,9-,10-,11-,12-,13-/m1/s1. The number of rotatable bonds is 4. The second-order valence-electron chi connectivity index (χ2n) is 6.17. The molecule has 1 aromatic rings. The van der Waals surface area contributed by atoms with E-state index in [1.807, 2.05) is 0 Å². The predicted molar refractivity (Wildman–Crippen MR) is 81.0 cm³/mol. The van der Waals surface area contributed by atoms with Gasteiger partial charge in [-0.1, -0.05) is 0 Å². The highest BCUT2D eigenvalue weighted by Crippen LogP contribution is 2.29. The van der Waals surface area contributed by atoms with Crippen LogP contribution in [-0.2, 0) is 9.47 Å². The lowest BCUT2D eigenvalue weighted by Gasteiger charge is -2.21. The van der Waals surface area contributed by atoms with E-state index in [4.69, 9.17) is 19.7 Å². The van der Waals surface area contributed by atoms with Crippen molar-refractivity contribution in [3.05, 3.63) is 33.1 Å². The van der Waals surface area contributed by atoms with Crippen molar-refractivity contribution < 1.29 is 40.1 Å². The smallest absolute Gasteiger partial charge is 0.335 e. The van der Waals surface area contributed by atoms with Gasteiger partial charge in [-0.2, -0.15) is 0 Å². The summed E-state index contributed by atoms with van der Waals surface area (Å²) >= 11 is 0. The maximum Gasteiger partial charge on any atom is 0.335 e. The van der Waals surface area contributed by atoms with E-state index in [1.165, 1.54) is 0 Å². The Morgan fingerprint density at radius 3 is 1.85 bits per heavy atom. The predicted octanol–water partition coefficient (Wildman–Crippen LogP) is -4.77. The van der Waals surface area contributed by atoms with Crippen LogP contribution in [0.1, 0.15) is 12.5 Å². The summed E-state index contributed by atoms with van der Waals surface area (Å²) in [4.78, 5) is 24.8. The number of aliphatic hydroxyl groups is 6. The molecule has 12 nitrogen and oxygen atoms in total. The zero-order chi connectivity index (χ0) is 19.2. The SMILES string of the molecule is O=c1ccn([C@@H]2O[C@H](CO)[C@@H](O)[C@H]2O)c(=O)n1[C@@H]1O[C@H](CO)[C@@H](O)[C@H]1O. The molecule has 0 bridgehead atoms. The van der Waals surface area contributed by atoms with Gasteiger partial charge in [0.05, 0.1) is 13.2 Å². The van der Waals surface area contributed by atoms with Crippen LogP contribution < -0.4 is 11.2 Å². The van der Waals surface area contributed by atoms with Crippen LogP contribution in [0.5, 0.6) is 0 Å². The second kappa shape index (κ2) is 7.17. The molecule has 1 aromatic heterocycles. The summed E-state index contributed by atoms with van der Waals surface area (Å²) in [5, 5.41) is 58.0. The van der Waals surface area contributed by atoms with Gasteiger partial charge < -0.3 is 40.1 Å². The Bertz CT molecular complexity index is 763. The second-order valence-corrected chi connectivity index (χ2v) is 6.17. The molecule has 6 N–H and O–H groups in total. The summed E-state index contributed by atoms with van der Waals surface area (Å²) in [7, 11) is 0. The number of nitrogens with zero attached hydrogens (tertiary/aromatic N) is 2. The summed E-state index contributed by atoms with van der Waals surface area (Å²) in [5.41, 5.74) is -1.89. The molecule has 2 saturated heterocycles. The van der Waals surface area contributed by atoms with Crippen LogP contribution in [0.25, 0.3) is 0 Å². The Morgan fingerprint density at radius 2 is 1.35 bits per heavy atom. The topological polar surface area (TPSA) is 184 Å². The highest BCUT2D eigenvalue weighted by Gasteiger charge is 2.46. The van der Waals surface area contributed by atoms with Gasteiger partial charge in [-0.25, -0.2) is 9.36 Å². The van der Waals surface area contributed by atoms with Gasteiger partial charge in [-0.05, 0) is 0 Å². The third-order valence-corrected chi connectivity index (χ3v) is 4.61. The van der Waals surface area contributed by atoms with Crippen molar-refractivity contribution in [2.24, 2.45) is 0 Å². The zero-order valence-electron chi connectivity index (χ0n) is 13.4. The van der Waals surface area contributed by atoms with Gasteiger partial charge in [0.1, 0.15) is 36.6 Å². The first-order valence-electron chi connectivity index (χ1n) is 7.90. The molecule has 2 fully saturated rings. The Morgan fingerprint density at radius 1 is 0.846 bits per heavy atom. The molecule has 12 heteroatoms. The van der Waals surface area contributed by atoms with Gasteiger partial charge in [0.15, 0.2) is 12.5 Å². The first-order valence-corrected chi connectivity index (χ1v) is 7.90. The lowest BCUT2D eigenvalue weighted by molar-refractivity contribution is -0.0684. The summed E-state index contributed by atoms with van der Waals surface area (Å²) in [5.74, 6) is 0. The van der Waals surface area contributed by atoms with Crippen molar-refractivity contribution in [2.45, 2.75) is 49.1 Å². The molecule has 0 amide bonds. The van der Waals surface area contributed by atoms with Gasteiger partial charge in [-0.3, -0.25) is 9.36 Å². The van der Waals surface area contributed by atoms with Crippen LogP contribution in [0.2, 0.25) is 0 Å². The van der Waals surface area contributed by atoms with E-state index in [-0.39, 0.29) is 0 Å². The molecule has 0 unspecified atom stereocenters. The summed E-state index contributed by atoms with van der Waals surface area (Å²) in [6.45, 7) is -1.24. The summed E-state index contributed by atoms with van der Waals surface area (Å²) in [6.07, 6.45) is -10.4. The molecule has 0 spiro atoms. The fraction of sp³-hybridized carbons (Fsp3) is 0.714. The average molecular weight is 376 g/mol. The van der Waals surface area contributed by atoms with Crippen LogP contribution in [0.15, 0.2) is 21.9 Å². The molecule has 2 aliphatic heterocycles. The Balaban J connectivity index is 2.01. The number of hydrogen-bond acceptors (Lipinski definition) is 10. The number of aromatic nitrogens is 2. The number of aliphatic hydroxyl groups excluding tert-OH is 6. The van der Waals surface area contributed by atoms with Gasteiger partial charge in [0.2, 0.25) is 0 Å². The van der Waals surface area contributed by atoms with E-state index >= 15 is 0 Å². The highest BCUT2D eigenvalue weighted by molar-refractivity contribution is 4.98. The highest BCUT2D eigenvalue weighted by atomic mass is 16.6. The van der Waals surface area contributed by atoms with Crippen molar-refractivity contribution in [1.82, 2.24) is 9.13 Å². The van der Waals surface area contributed by atoms with Crippen molar-refractivity contribution in [1.29, 1.82) is 0 Å². The third kappa shape index (κ3) is 2.90. The third-order valence-electron chi connectivity index (χ3n) is 4.61. The van der Waals surface area contributed by atoms with Crippen molar-refractivity contribution in [2.75, 3.05) is 13.2 Å². The van der Waals surface area contributed by atoms with E-state index in [9.17, 15) is 30.0 Å². The molecular weight excluding hydrogens is 356 g/mol. The van der Waals surface area contributed by atoms with E-state index in [1.54, 1.807) is 0 Å². The average Bonchev–Trinajstić information content (AvgIpc) is 3.06. The molecule has 0 saturated carbocycles. The Labute approximate surface area is 145 Å². The molecule has 146 valence electrons. The van der Waals surface area contributed by atoms with E-state index in [2.05, 4.69) is 0 Å². The quantitative estimate of drug-likeness (QED) is 0.298. The molecule has 2 aliphatic rings. The first kappa shape index (κ1) is 19.1. The van der Waals surface area contributed by atoms with E-state index in [0.29, 0.717) is 4.57 Å². The number of hydrogen-bond donors (Lipinski definition) is 6. The van der Waals surface area contributed by atoms with Crippen LogP contribution in [-0.4, -0.2) is 89.6 Å². The zero-order valence-corrected chi connectivity index (χ0v) is 13.4. The minimum absolute atomic E-state index is 0.512. The van der Waals surface area contributed by atoms with Crippen molar-refractivity contribution in [3.63, 3.8) is 0 Å². The van der Waals surface area contributed by atoms with Gasteiger partial charge in [-0.15, -0.1) is 0 Å². The Hall–Kier alpha value is -1.64. The first-order chi connectivity index (χ1) is 12.3. The summed E-state index contributed by atoms with van der Waals surface area (Å²) in [6, 6.07) is 0.949. The molecule has 3 heterocycles. The van der Waals surface area contributed by atoms with E-state index < -0.39 is 73.5 Å². The van der Waals surface area contributed by atoms with Crippen LogP contribution in [0, 0.1) is 0 Å². The minimum atomic E-state index is -1.65. The fourth-order valence-electron chi connectivity index (χ4n) is 3.14. The van der Waals surface area contributed by atoms with Gasteiger partial charge >= 0.3 is 5.69 Å². The summed E-state index contributed by atoms with van der Waals surface area (Å²) < 4.78 is 11.8. The molecule has 8 atom stereocenters. The maximum atomic E-state index is 12.7. The van der Waals surface area contributed by atoms with Crippen molar-refractivity contribution in [3.8, 4) is 0 Å². The minimum Gasteiger partial charge on any atom is -0.394 e. The maximum absolute atomic E-state index is 12.7. The molecular formula is C14H20N2O10. The monoisotopic (exact) mass is 376 g/mol. The lowest BCUT2D eigenvalue weighted by atomic mass is 10.1. The fourth-order valence-corrected chi connectivity index (χ4v) is 3.14. The molecule has 0 aliphatic carbocycles. The largest absolute Gasteiger partial charge is 0.394 e. The molecule has 3 rings (SSSR count). The molecule has 0 aromatic carbocycles. The van der Waals surface area contributed by atoms with E-state index in [0.717, 1.165) is 16.8 Å². The van der Waals surface area contributed by atoms with Crippen LogP contribution in [0.3, 0.4) is 0 Å². The lowest BCUT2D eigenvalue weighted by Crippen LogP contribution is -2.47. The molecule has 0 radical (unpaired) electrons. The Kier molecular flexibility index (Phi) is 5.28. The van der Waals surface area contributed by atoms with Crippen LogP contribution in [0.4, 0.5) is 0 Å². The normalized spacial score (nSPS) is 40.2. The molecule has 26 heavy (non-hydrogen) atoms. The van der Waals surface area contributed by atoms with Crippen molar-refractivity contribution >= 4 is 0 Å². The number of ether oxygens (including phenoxy) is 2. The van der Waals surface area contributed by atoms with Gasteiger partial charge in [0, 0.05) is 12.3 Å². The van der Waals surface area contributed by atoms with Crippen LogP contribution >= 0.6 is 0 Å². The van der Waals surface area contributed by atoms with Gasteiger partial charge in [0.25, 0.3) is 5.56 Å².